The van der Waals surface area contributed by atoms with Gasteiger partial charge in [-0.1, -0.05) is 30.3 Å². The molecule has 8 heteroatoms. The van der Waals surface area contributed by atoms with E-state index in [0.29, 0.717) is 18.1 Å². The monoisotopic (exact) mass is 421 g/mol. The molecule has 1 aliphatic rings. The molecule has 2 unspecified atom stereocenters. The number of nitrogens with zero attached hydrogens (tertiary/aromatic N) is 1. The summed E-state index contributed by atoms with van der Waals surface area (Å²) in [4.78, 5) is 38.5. The van der Waals surface area contributed by atoms with Gasteiger partial charge in [0.2, 0.25) is 11.8 Å². The second-order valence-corrected chi connectivity index (χ2v) is 7.50. The topological polar surface area (TPSA) is 101 Å². The van der Waals surface area contributed by atoms with E-state index in [9.17, 15) is 14.4 Å². The maximum atomic E-state index is 12.4. The molecule has 2 aromatic carbocycles. The fraction of sp³-hybridized carbons (Fsp3) is 0.261. The van der Waals surface area contributed by atoms with E-state index in [-0.39, 0.29) is 18.9 Å². The van der Waals surface area contributed by atoms with Gasteiger partial charge >= 0.3 is 0 Å². The van der Waals surface area contributed by atoms with Gasteiger partial charge in [-0.05, 0) is 42.0 Å². The molecule has 1 aliphatic heterocycles. The normalized spacial score (nSPS) is 16.9. The van der Waals surface area contributed by atoms with Crippen LogP contribution in [0.25, 0.3) is 10.8 Å². The molecular weight excluding hydrogens is 398 g/mol. The van der Waals surface area contributed by atoms with Crippen LogP contribution >= 0.6 is 0 Å². The van der Waals surface area contributed by atoms with E-state index in [2.05, 4.69) is 10.9 Å². The van der Waals surface area contributed by atoms with Gasteiger partial charge in [0.1, 0.15) is 11.5 Å². The number of amides is 3. The van der Waals surface area contributed by atoms with E-state index in [1.165, 1.54) is 6.26 Å². The minimum atomic E-state index is -0.817. The molecule has 0 spiro atoms. The van der Waals surface area contributed by atoms with Crippen molar-refractivity contribution in [2.24, 2.45) is 5.92 Å². The molecule has 0 aliphatic carbocycles. The van der Waals surface area contributed by atoms with Gasteiger partial charge in [-0.15, -0.1) is 0 Å². The standard InChI is InChI=1S/C23H23N3O5/c1-15(31-19-9-8-16-5-2-3-6-17(16)11-19)22(28)24-25-23(29)18-12-21(27)26(13-18)14-20-7-4-10-30-20/h2-11,15,18H,12-14H2,1H3,(H,24,28)(H,25,29). The number of rotatable bonds is 6. The third-order valence-corrected chi connectivity index (χ3v) is 5.22. The Balaban J connectivity index is 1.26. The summed E-state index contributed by atoms with van der Waals surface area (Å²) in [6, 6.07) is 16.9. The highest BCUT2D eigenvalue weighted by molar-refractivity contribution is 5.91. The number of carbonyl (C=O) groups excluding carboxylic acids is 3. The van der Waals surface area contributed by atoms with Crippen molar-refractivity contribution in [1.29, 1.82) is 0 Å². The average molecular weight is 421 g/mol. The number of nitrogens with one attached hydrogen (secondary N) is 2. The molecule has 1 fully saturated rings. The van der Waals surface area contributed by atoms with Gasteiger partial charge in [-0.3, -0.25) is 25.2 Å². The Morgan fingerprint density at radius 2 is 1.94 bits per heavy atom. The lowest BCUT2D eigenvalue weighted by Crippen LogP contribution is -2.49. The van der Waals surface area contributed by atoms with Crippen LogP contribution in [0.5, 0.6) is 5.75 Å². The van der Waals surface area contributed by atoms with Crippen LogP contribution in [-0.2, 0) is 20.9 Å². The van der Waals surface area contributed by atoms with Crippen molar-refractivity contribution in [2.45, 2.75) is 26.0 Å². The van der Waals surface area contributed by atoms with Crippen LogP contribution in [0.1, 0.15) is 19.1 Å². The molecule has 3 aromatic rings. The summed E-state index contributed by atoms with van der Waals surface area (Å²) in [5.41, 5.74) is 4.78. The lowest BCUT2D eigenvalue weighted by Gasteiger charge is -2.17. The highest BCUT2D eigenvalue weighted by atomic mass is 16.5. The van der Waals surface area contributed by atoms with Crippen LogP contribution in [0.4, 0.5) is 0 Å². The molecule has 0 radical (unpaired) electrons. The third kappa shape index (κ3) is 4.85. The zero-order chi connectivity index (χ0) is 21.8. The van der Waals surface area contributed by atoms with E-state index < -0.39 is 23.8 Å². The zero-order valence-corrected chi connectivity index (χ0v) is 17.0. The van der Waals surface area contributed by atoms with E-state index in [4.69, 9.17) is 9.15 Å². The number of likely N-dealkylation sites (tertiary alicyclic amines) is 1. The molecule has 31 heavy (non-hydrogen) atoms. The summed E-state index contributed by atoms with van der Waals surface area (Å²) in [5.74, 6) is -0.361. The van der Waals surface area contributed by atoms with Crippen LogP contribution in [0, 0.1) is 5.92 Å². The SMILES string of the molecule is CC(Oc1ccc2ccccc2c1)C(=O)NNC(=O)C1CC(=O)N(Cc2ccco2)C1. The largest absolute Gasteiger partial charge is 0.481 e. The number of hydrogen-bond acceptors (Lipinski definition) is 5. The number of fused-ring (bicyclic) bond motifs is 1. The summed E-state index contributed by atoms with van der Waals surface area (Å²) in [6.45, 7) is 2.18. The van der Waals surface area contributed by atoms with Crippen molar-refractivity contribution in [3.05, 3.63) is 66.6 Å². The highest BCUT2D eigenvalue weighted by Crippen LogP contribution is 2.22. The average Bonchev–Trinajstić information content (AvgIpc) is 3.42. The molecule has 3 amide bonds. The molecule has 2 N–H and O–H groups in total. The Bertz CT molecular complexity index is 1100. The minimum Gasteiger partial charge on any atom is -0.481 e. The van der Waals surface area contributed by atoms with Crippen LogP contribution in [0.2, 0.25) is 0 Å². The van der Waals surface area contributed by atoms with Crippen LogP contribution in [0.15, 0.2) is 65.3 Å². The van der Waals surface area contributed by atoms with E-state index >= 15 is 0 Å². The van der Waals surface area contributed by atoms with Gasteiger partial charge in [0, 0.05) is 13.0 Å². The van der Waals surface area contributed by atoms with Crippen molar-refractivity contribution in [2.75, 3.05) is 6.54 Å². The molecule has 2 heterocycles. The molecule has 1 saturated heterocycles. The van der Waals surface area contributed by atoms with Gasteiger partial charge in [-0.25, -0.2) is 0 Å². The Hall–Kier alpha value is -3.81. The first-order valence-corrected chi connectivity index (χ1v) is 10.0. The van der Waals surface area contributed by atoms with Crippen molar-refractivity contribution >= 4 is 28.5 Å². The summed E-state index contributed by atoms with van der Waals surface area (Å²) in [6.07, 6.45) is 0.810. The Morgan fingerprint density at radius 3 is 2.71 bits per heavy atom. The van der Waals surface area contributed by atoms with Crippen molar-refractivity contribution in [3.63, 3.8) is 0 Å². The Labute approximate surface area is 179 Å². The number of benzene rings is 2. The number of ether oxygens (including phenoxy) is 1. The Kier molecular flexibility index (Phi) is 5.88. The van der Waals surface area contributed by atoms with E-state index in [0.717, 1.165) is 10.8 Å². The van der Waals surface area contributed by atoms with Crippen LogP contribution in [-0.4, -0.2) is 35.3 Å². The molecule has 2 atom stereocenters. The smallest absolute Gasteiger partial charge is 0.279 e. The summed E-state index contributed by atoms with van der Waals surface area (Å²) >= 11 is 0. The Morgan fingerprint density at radius 1 is 1.13 bits per heavy atom. The van der Waals surface area contributed by atoms with Gasteiger partial charge in [0.25, 0.3) is 5.91 Å². The predicted molar refractivity (Wildman–Crippen MR) is 113 cm³/mol. The first-order valence-electron chi connectivity index (χ1n) is 10.0. The third-order valence-electron chi connectivity index (χ3n) is 5.22. The molecule has 0 saturated carbocycles. The van der Waals surface area contributed by atoms with E-state index in [1.807, 2.05) is 36.4 Å². The molecule has 8 nitrogen and oxygen atoms in total. The predicted octanol–water partition coefficient (Wildman–Crippen LogP) is 2.40. The zero-order valence-electron chi connectivity index (χ0n) is 17.0. The maximum absolute atomic E-state index is 12.4. The molecule has 4 rings (SSSR count). The van der Waals surface area contributed by atoms with E-state index in [1.54, 1.807) is 30.0 Å². The lowest BCUT2D eigenvalue weighted by molar-refractivity contribution is -0.134. The summed E-state index contributed by atoms with van der Waals surface area (Å²) < 4.78 is 11.0. The number of hydrazine groups is 1. The minimum absolute atomic E-state index is 0.0888. The molecule has 1 aromatic heterocycles. The van der Waals surface area contributed by atoms with Crippen LogP contribution in [0.3, 0.4) is 0 Å². The van der Waals surface area contributed by atoms with Crippen molar-refractivity contribution in [3.8, 4) is 5.75 Å². The van der Waals surface area contributed by atoms with Gasteiger partial charge < -0.3 is 14.1 Å². The number of furan rings is 1. The maximum Gasteiger partial charge on any atom is 0.279 e. The van der Waals surface area contributed by atoms with Crippen LogP contribution < -0.4 is 15.6 Å². The molecular formula is C23H23N3O5. The van der Waals surface area contributed by atoms with Crippen molar-refractivity contribution in [1.82, 2.24) is 15.8 Å². The lowest BCUT2D eigenvalue weighted by atomic mass is 10.1. The summed E-state index contributed by atoms with van der Waals surface area (Å²) in [7, 11) is 0. The highest BCUT2D eigenvalue weighted by Gasteiger charge is 2.35. The summed E-state index contributed by atoms with van der Waals surface area (Å²) in [5, 5.41) is 2.08. The fourth-order valence-electron chi connectivity index (χ4n) is 3.52. The second kappa shape index (κ2) is 8.91. The van der Waals surface area contributed by atoms with Crippen molar-refractivity contribution < 1.29 is 23.5 Å². The van der Waals surface area contributed by atoms with Gasteiger partial charge in [-0.2, -0.15) is 0 Å². The molecule has 160 valence electrons. The molecule has 0 bridgehead atoms. The number of carbonyl (C=O) groups is 3. The second-order valence-electron chi connectivity index (χ2n) is 7.50. The fourth-order valence-corrected chi connectivity index (χ4v) is 3.52. The first-order chi connectivity index (χ1) is 15.0. The van der Waals surface area contributed by atoms with Gasteiger partial charge in [0.05, 0.1) is 18.7 Å². The first kappa shape index (κ1) is 20.5. The quantitative estimate of drug-likeness (QED) is 0.595. The number of hydrogen-bond donors (Lipinski definition) is 2. The van der Waals surface area contributed by atoms with Gasteiger partial charge in [0.15, 0.2) is 6.10 Å².